The standard InChI is InChI=1S/C19H29ClN4O3/c1-4-24(5-2)19(26)14-23-10-8-22(9-11-23)13-18(25)21-15-6-7-17(27-3)16(20)12-15/h6-7,12H,4-5,8-11,13-14H2,1-3H3,(H,21,25). The molecule has 1 N–H and O–H groups in total. The zero-order chi connectivity index (χ0) is 19.8. The number of hydrogen-bond acceptors (Lipinski definition) is 5. The fourth-order valence-corrected chi connectivity index (χ4v) is 3.38. The molecule has 8 heteroatoms. The summed E-state index contributed by atoms with van der Waals surface area (Å²) in [5.41, 5.74) is 0.647. The Morgan fingerprint density at radius 1 is 1.11 bits per heavy atom. The van der Waals surface area contributed by atoms with Gasteiger partial charge in [-0.15, -0.1) is 0 Å². The van der Waals surface area contributed by atoms with Crippen LogP contribution in [0.4, 0.5) is 5.69 Å². The van der Waals surface area contributed by atoms with Crippen LogP contribution in [0.3, 0.4) is 0 Å². The summed E-state index contributed by atoms with van der Waals surface area (Å²) >= 11 is 6.08. The zero-order valence-electron chi connectivity index (χ0n) is 16.3. The van der Waals surface area contributed by atoms with Crippen LogP contribution in [0.25, 0.3) is 0 Å². The zero-order valence-corrected chi connectivity index (χ0v) is 17.1. The van der Waals surface area contributed by atoms with E-state index >= 15 is 0 Å². The van der Waals surface area contributed by atoms with Gasteiger partial charge >= 0.3 is 0 Å². The molecular formula is C19H29ClN4O3. The topological polar surface area (TPSA) is 65.1 Å². The van der Waals surface area contributed by atoms with E-state index in [2.05, 4.69) is 15.1 Å². The third-order valence-electron chi connectivity index (χ3n) is 4.74. The van der Waals surface area contributed by atoms with Crippen LogP contribution < -0.4 is 10.1 Å². The number of nitrogens with one attached hydrogen (secondary N) is 1. The van der Waals surface area contributed by atoms with E-state index in [9.17, 15) is 9.59 Å². The maximum atomic E-state index is 12.3. The monoisotopic (exact) mass is 396 g/mol. The number of piperazine rings is 1. The number of carbonyl (C=O) groups is 2. The van der Waals surface area contributed by atoms with Gasteiger partial charge in [-0.1, -0.05) is 11.6 Å². The van der Waals surface area contributed by atoms with E-state index in [0.717, 1.165) is 39.3 Å². The number of ether oxygens (including phenoxy) is 1. The number of benzene rings is 1. The highest BCUT2D eigenvalue weighted by molar-refractivity contribution is 6.32. The number of anilines is 1. The van der Waals surface area contributed by atoms with Crippen molar-refractivity contribution in [3.8, 4) is 5.75 Å². The minimum absolute atomic E-state index is 0.0797. The van der Waals surface area contributed by atoms with Crippen LogP contribution in [-0.2, 0) is 9.59 Å². The van der Waals surface area contributed by atoms with Crippen LogP contribution in [0.2, 0.25) is 5.02 Å². The Morgan fingerprint density at radius 2 is 1.70 bits per heavy atom. The van der Waals surface area contributed by atoms with Crippen LogP contribution in [0.1, 0.15) is 13.8 Å². The number of hydrogen-bond donors (Lipinski definition) is 1. The number of rotatable bonds is 8. The Kier molecular flexibility index (Phi) is 8.34. The van der Waals surface area contributed by atoms with Crippen molar-refractivity contribution in [2.75, 3.05) is 64.8 Å². The highest BCUT2D eigenvalue weighted by Crippen LogP contribution is 2.27. The number of halogens is 1. The molecule has 1 aliphatic rings. The van der Waals surface area contributed by atoms with Crippen LogP contribution in [0, 0.1) is 0 Å². The van der Waals surface area contributed by atoms with Gasteiger partial charge in [0.1, 0.15) is 5.75 Å². The Hall–Kier alpha value is -1.83. The first-order chi connectivity index (χ1) is 13.0. The molecule has 0 spiro atoms. The van der Waals surface area contributed by atoms with Gasteiger partial charge < -0.3 is 15.0 Å². The van der Waals surface area contributed by atoms with Gasteiger partial charge in [0.15, 0.2) is 0 Å². The van der Waals surface area contributed by atoms with Crippen LogP contribution in [-0.4, -0.2) is 86.0 Å². The van der Waals surface area contributed by atoms with Crippen molar-refractivity contribution in [1.29, 1.82) is 0 Å². The van der Waals surface area contributed by atoms with Gasteiger partial charge in [0, 0.05) is 45.0 Å². The van der Waals surface area contributed by atoms with Crippen molar-refractivity contribution in [3.05, 3.63) is 23.2 Å². The number of likely N-dealkylation sites (N-methyl/N-ethyl adjacent to an activating group) is 1. The first kappa shape index (κ1) is 21.5. The van der Waals surface area contributed by atoms with E-state index < -0.39 is 0 Å². The average Bonchev–Trinajstić information content (AvgIpc) is 2.64. The lowest BCUT2D eigenvalue weighted by atomic mass is 10.2. The van der Waals surface area contributed by atoms with Gasteiger partial charge in [-0.05, 0) is 32.0 Å². The van der Waals surface area contributed by atoms with Gasteiger partial charge in [0.05, 0.1) is 25.2 Å². The molecular weight excluding hydrogens is 368 g/mol. The lowest BCUT2D eigenvalue weighted by Gasteiger charge is -2.34. The molecule has 1 heterocycles. The van der Waals surface area contributed by atoms with Crippen molar-refractivity contribution >= 4 is 29.1 Å². The lowest BCUT2D eigenvalue weighted by molar-refractivity contribution is -0.132. The summed E-state index contributed by atoms with van der Waals surface area (Å²) in [6.45, 7) is 9.35. The van der Waals surface area contributed by atoms with Crippen LogP contribution in [0.5, 0.6) is 5.75 Å². The van der Waals surface area contributed by atoms with Gasteiger partial charge in [-0.25, -0.2) is 0 Å². The Bertz CT molecular complexity index is 644. The normalized spacial score (nSPS) is 15.4. The molecule has 1 aliphatic heterocycles. The Morgan fingerprint density at radius 3 is 2.22 bits per heavy atom. The Labute approximate surface area is 166 Å². The molecule has 0 atom stereocenters. The van der Waals surface area contributed by atoms with Crippen molar-refractivity contribution in [2.24, 2.45) is 0 Å². The minimum atomic E-state index is -0.0797. The molecule has 1 aromatic rings. The molecule has 0 aromatic heterocycles. The van der Waals surface area contributed by atoms with E-state index in [1.165, 1.54) is 0 Å². The quantitative estimate of drug-likeness (QED) is 0.725. The molecule has 1 saturated heterocycles. The summed E-state index contributed by atoms with van der Waals surface area (Å²) in [5, 5.41) is 3.32. The first-order valence-electron chi connectivity index (χ1n) is 9.32. The number of amides is 2. The van der Waals surface area contributed by atoms with Crippen molar-refractivity contribution in [1.82, 2.24) is 14.7 Å². The molecule has 0 saturated carbocycles. The summed E-state index contributed by atoms with van der Waals surface area (Å²) in [4.78, 5) is 30.6. The predicted octanol–water partition coefficient (Wildman–Crippen LogP) is 1.77. The third kappa shape index (κ3) is 6.37. The average molecular weight is 397 g/mol. The van der Waals surface area contributed by atoms with E-state index in [4.69, 9.17) is 16.3 Å². The molecule has 27 heavy (non-hydrogen) atoms. The second-order valence-corrected chi connectivity index (χ2v) is 6.92. The summed E-state index contributed by atoms with van der Waals surface area (Å²) in [6.07, 6.45) is 0. The highest BCUT2D eigenvalue weighted by atomic mass is 35.5. The summed E-state index contributed by atoms with van der Waals surface area (Å²) < 4.78 is 5.11. The third-order valence-corrected chi connectivity index (χ3v) is 5.04. The van der Waals surface area contributed by atoms with Crippen molar-refractivity contribution in [3.63, 3.8) is 0 Å². The SMILES string of the molecule is CCN(CC)C(=O)CN1CCN(CC(=O)Nc2ccc(OC)c(Cl)c2)CC1. The maximum absolute atomic E-state index is 12.3. The fourth-order valence-electron chi connectivity index (χ4n) is 3.12. The highest BCUT2D eigenvalue weighted by Gasteiger charge is 2.22. The molecule has 0 aliphatic carbocycles. The lowest BCUT2D eigenvalue weighted by Crippen LogP contribution is -2.51. The number of nitrogens with zero attached hydrogens (tertiary/aromatic N) is 3. The smallest absolute Gasteiger partial charge is 0.238 e. The molecule has 0 unspecified atom stereocenters. The van der Waals surface area contributed by atoms with Crippen LogP contribution >= 0.6 is 11.6 Å². The van der Waals surface area contributed by atoms with Crippen LogP contribution in [0.15, 0.2) is 18.2 Å². The van der Waals surface area contributed by atoms with Gasteiger partial charge in [0.25, 0.3) is 0 Å². The van der Waals surface area contributed by atoms with Crippen molar-refractivity contribution < 1.29 is 14.3 Å². The number of carbonyl (C=O) groups excluding carboxylic acids is 2. The first-order valence-corrected chi connectivity index (χ1v) is 9.70. The fraction of sp³-hybridized carbons (Fsp3) is 0.579. The molecule has 1 fully saturated rings. The van der Waals surface area contributed by atoms with E-state index in [1.54, 1.807) is 25.3 Å². The van der Waals surface area contributed by atoms with E-state index in [1.807, 2.05) is 18.7 Å². The number of methoxy groups -OCH3 is 1. The molecule has 0 radical (unpaired) electrons. The summed E-state index contributed by atoms with van der Waals surface area (Å²) in [5.74, 6) is 0.663. The summed E-state index contributed by atoms with van der Waals surface area (Å²) in [6, 6.07) is 5.16. The maximum Gasteiger partial charge on any atom is 0.238 e. The minimum Gasteiger partial charge on any atom is -0.495 e. The van der Waals surface area contributed by atoms with E-state index in [-0.39, 0.29) is 11.8 Å². The molecule has 7 nitrogen and oxygen atoms in total. The largest absolute Gasteiger partial charge is 0.495 e. The second kappa shape index (κ2) is 10.5. The van der Waals surface area contributed by atoms with Crippen molar-refractivity contribution in [2.45, 2.75) is 13.8 Å². The second-order valence-electron chi connectivity index (χ2n) is 6.52. The molecule has 0 bridgehead atoms. The molecule has 1 aromatic carbocycles. The van der Waals surface area contributed by atoms with E-state index in [0.29, 0.717) is 29.5 Å². The van der Waals surface area contributed by atoms with Gasteiger partial charge in [-0.3, -0.25) is 19.4 Å². The molecule has 2 rings (SSSR count). The van der Waals surface area contributed by atoms with Gasteiger partial charge in [-0.2, -0.15) is 0 Å². The molecule has 150 valence electrons. The Balaban J connectivity index is 1.76. The molecule has 2 amide bonds. The van der Waals surface area contributed by atoms with Gasteiger partial charge in [0.2, 0.25) is 11.8 Å². The predicted molar refractivity (Wildman–Crippen MR) is 107 cm³/mol. The summed E-state index contributed by atoms with van der Waals surface area (Å²) in [7, 11) is 1.55.